The largest absolute Gasteiger partial charge is 0.419 e. The van der Waals surface area contributed by atoms with Gasteiger partial charge in [0, 0.05) is 18.8 Å². The van der Waals surface area contributed by atoms with Gasteiger partial charge in [-0.25, -0.2) is 4.79 Å². The molecule has 0 saturated carbocycles. The Morgan fingerprint density at radius 3 is 2.84 bits per heavy atom. The van der Waals surface area contributed by atoms with Crippen LogP contribution in [0, 0.1) is 0 Å². The number of fused-ring (bicyclic) bond motifs is 1. The Hall–Kier alpha value is -2.69. The second-order valence-corrected chi connectivity index (χ2v) is 4.15. The highest BCUT2D eigenvalue weighted by atomic mass is 16.4. The number of aromatic nitrogens is 2. The summed E-state index contributed by atoms with van der Waals surface area (Å²) >= 11 is 0. The lowest BCUT2D eigenvalue weighted by molar-refractivity contribution is 0.103. The van der Waals surface area contributed by atoms with Gasteiger partial charge in [-0.3, -0.25) is 14.3 Å². The molecular formula is C14H10N2O3. The van der Waals surface area contributed by atoms with Crippen LogP contribution in [0.2, 0.25) is 0 Å². The lowest BCUT2D eigenvalue weighted by Gasteiger charge is -2.00. The third-order valence-electron chi connectivity index (χ3n) is 2.95. The van der Waals surface area contributed by atoms with Crippen LogP contribution in [0.5, 0.6) is 0 Å². The average Bonchev–Trinajstić information content (AvgIpc) is 2.74. The summed E-state index contributed by atoms with van der Waals surface area (Å²) in [6.07, 6.45) is 1.56. The zero-order valence-electron chi connectivity index (χ0n) is 10.2. The van der Waals surface area contributed by atoms with Crippen molar-refractivity contribution in [2.24, 2.45) is 7.05 Å². The maximum absolute atomic E-state index is 12.2. The molecule has 0 atom stereocenters. The monoisotopic (exact) mass is 254 g/mol. The Balaban J connectivity index is 2.12. The number of hydrogen-bond donors (Lipinski definition) is 0. The van der Waals surface area contributed by atoms with E-state index in [-0.39, 0.29) is 5.78 Å². The molecule has 0 N–H and O–H groups in total. The first-order valence-corrected chi connectivity index (χ1v) is 5.72. The molecule has 94 valence electrons. The van der Waals surface area contributed by atoms with Crippen molar-refractivity contribution >= 4 is 16.9 Å². The number of carbonyl (C=O) groups is 1. The number of ketones is 1. The first-order valence-electron chi connectivity index (χ1n) is 5.72. The zero-order valence-corrected chi connectivity index (χ0v) is 10.2. The number of aryl methyl sites for hydroxylation is 1. The van der Waals surface area contributed by atoms with Crippen molar-refractivity contribution in [3.8, 4) is 0 Å². The fraction of sp³-hybridized carbons (Fsp3) is 0.0714. The number of oxazole rings is 1. The molecule has 0 saturated heterocycles. The van der Waals surface area contributed by atoms with E-state index in [1.807, 2.05) is 0 Å². The summed E-state index contributed by atoms with van der Waals surface area (Å²) in [5.74, 6) is -0.647. The summed E-state index contributed by atoms with van der Waals surface area (Å²) in [7, 11) is 1.62. The first kappa shape index (κ1) is 11.4. The number of rotatable bonds is 2. The van der Waals surface area contributed by atoms with Gasteiger partial charge < -0.3 is 4.42 Å². The standard InChI is InChI=1S/C14H10N2O3/c1-16-11-6-5-9(8-12(11)19-14(16)18)13(17)10-4-2-3-7-15-10/h2-8H,1H3. The van der Waals surface area contributed by atoms with Crippen molar-refractivity contribution in [3.05, 3.63) is 64.4 Å². The van der Waals surface area contributed by atoms with E-state index in [4.69, 9.17) is 4.42 Å². The Kier molecular flexibility index (Phi) is 2.52. The van der Waals surface area contributed by atoms with Crippen LogP contribution >= 0.6 is 0 Å². The SMILES string of the molecule is Cn1c(=O)oc2cc(C(=O)c3ccccn3)ccc21. The Labute approximate surface area is 108 Å². The van der Waals surface area contributed by atoms with Gasteiger partial charge in [0.1, 0.15) is 5.69 Å². The van der Waals surface area contributed by atoms with Gasteiger partial charge in [0.05, 0.1) is 5.52 Å². The van der Waals surface area contributed by atoms with Gasteiger partial charge in [-0.05, 0) is 30.3 Å². The number of carbonyl (C=O) groups excluding carboxylic acids is 1. The van der Waals surface area contributed by atoms with Crippen molar-refractivity contribution in [2.75, 3.05) is 0 Å². The molecule has 0 bridgehead atoms. The molecule has 0 aliphatic rings. The first-order chi connectivity index (χ1) is 9.16. The number of hydrogen-bond acceptors (Lipinski definition) is 4. The molecular weight excluding hydrogens is 244 g/mol. The lowest BCUT2D eigenvalue weighted by atomic mass is 10.1. The minimum atomic E-state index is -0.447. The van der Waals surface area contributed by atoms with E-state index in [1.54, 1.807) is 49.6 Å². The minimum Gasteiger partial charge on any atom is -0.408 e. The van der Waals surface area contributed by atoms with Crippen LogP contribution in [-0.4, -0.2) is 15.3 Å². The molecule has 0 radical (unpaired) electrons. The fourth-order valence-corrected chi connectivity index (χ4v) is 1.92. The van der Waals surface area contributed by atoms with Gasteiger partial charge in [0.15, 0.2) is 5.58 Å². The molecule has 3 rings (SSSR count). The van der Waals surface area contributed by atoms with Crippen molar-refractivity contribution in [1.29, 1.82) is 0 Å². The van der Waals surface area contributed by atoms with E-state index in [0.29, 0.717) is 22.4 Å². The quantitative estimate of drug-likeness (QED) is 0.653. The van der Waals surface area contributed by atoms with E-state index in [9.17, 15) is 9.59 Å². The molecule has 3 aromatic rings. The predicted octanol–water partition coefficient (Wildman–Crippen LogP) is 1.76. The molecule has 1 aromatic carbocycles. The molecule has 0 unspecified atom stereocenters. The molecule has 2 aromatic heterocycles. The van der Waals surface area contributed by atoms with Crippen LogP contribution < -0.4 is 5.76 Å². The normalized spacial score (nSPS) is 10.8. The molecule has 0 fully saturated rings. The number of nitrogens with zero attached hydrogens (tertiary/aromatic N) is 2. The van der Waals surface area contributed by atoms with Gasteiger partial charge in [0.2, 0.25) is 5.78 Å². The minimum absolute atomic E-state index is 0.200. The van der Waals surface area contributed by atoms with Crippen LogP contribution in [0.15, 0.2) is 51.8 Å². The second kappa shape index (κ2) is 4.20. The van der Waals surface area contributed by atoms with Crippen LogP contribution in [0.25, 0.3) is 11.1 Å². The number of pyridine rings is 1. The summed E-state index contributed by atoms with van der Waals surface area (Å²) in [6.45, 7) is 0. The molecule has 0 aliphatic heterocycles. The summed E-state index contributed by atoms with van der Waals surface area (Å²) in [5.41, 5.74) is 1.86. The summed E-state index contributed by atoms with van der Waals surface area (Å²) < 4.78 is 6.45. The van der Waals surface area contributed by atoms with Crippen LogP contribution in [0.4, 0.5) is 0 Å². The van der Waals surface area contributed by atoms with Crippen molar-refractivity contribution < 1.29 is 9.21 Å². The average molecular weight is 254 g/mol. The van der Waals surface area contributed by atoms with Gasteiger partial charge in [-0.1, -0.05) is 6.07 Å². The van der Waals surface area contributed by atoms with Crippen molar-refractivity contribution in [2.45, 2.75) is 0 Å². The lowest BCUT2D eigenvalue weighted by Crippen LogP contribution is -2.08. The Bertz CT molecular complexity index is 816. The third-order valence-corrected chi connectivity index (χ3v) is 2.95. The Morgan fingerprint density at radius 1 is 1.26 bits per heavy atom. The molecule has 0 spiro atoms. The highest BCUT2D eigenvalue weighted by Crippen LogP contribution is 2.16. The maximum atomic E-state index is 12.2. The zero-order chi connectivity index (χ0) is 13.4. The highest BCUT2D eigenvalue weighted by molar-refractivity contribution is 6.08. The topological polar surface area (TPSA) is 65.1 Å². The molecule has 5 nitrogen and oxygen atoms in total. The molecule has 19 heavy (non-hydrogen) atoms. The molecule has 0 aliphatic carbocycles. The van der Waals surface area contributed by atoms with Crippen LogP contribution in [0.1, 0.15) is 16.1 Å². The van der Waals surface area contributed by atoms with E-state index in [1.165, 1.54) is 4.57 Å². The summed E-state index contributed by atoms with van der Waals surface area (Å²) in [6, 6.07) is 10.1. The van der Waals surface area contributed by atoms with E-state index in [2.05, 4.69) is 4.98 Å². The molecule has 2 heterocycles. The highest BCUT2D eigenvalue weighted by Gasteiger charge is 2.13. The molecule has 0 amide bonds. The summed E-state index contributed by atoms with van der Waals surface area (Å²) in [5, 5.41) is 0. The number of benzene rings is 1. The van der Waals surface area contributed by atoms with Gasteiger partial charge >= 0.3 is 5.76 Å². The summed E-state index contributed by atoms with van der Waals surface area (Å²) in [4.78, 5) is 27.6. The van der Waals surface area contributed by atoms with Gasteiger partial charge in [-0.15, -0.1) is 0 Å². The van der Waals surface area contributed by atoms with Gasteiger partial charge in [0.25, 0.3) is 0 Å². The molecule has 5 heteroatoms. The van der Waals surface area contributed by atoms with Crippen molar-refractivity contribution in [3.63, 3.8) is 0 Å². The maximum Gasteiger partial charge on any atom is 0.419 e. The van der Waals surface area contributed by atoms with Crippen LogP contribution in [-0.2, 0) is 7.05 Å². The predicted molar refractivity (Wildman–Crippen MR) is 69.1 cm³/mol. The second-order valence-electron chi connectivity index (χ2n) is 4.15. The van der Waals surface area contributed by atoms with Gasteiger partial charge in [-0.2, -0.15) is 0 Å². The van der Waals surface area contributed by atoms with E-state index in [0.717, 1.165) is 0 Å². The third kappa shape index (κ3) is 1.85. The van der Waals surface area contributed by atoms with E-state index >= 15 is 0 Å². The fourth-order valence-electron chi connectivity index (χ4n) is 1.92. The smallest absolute Gasteiger partial charge is 0.408 e. The Morgan fingerprint density at radius 2 is 2.11 bits per heavy atom. The van der Waals surface area contributed by atoms with Crippen molar-refractivity contribution in [1.82, 2.24) is 9.55 Å². The van der Waals surface area contributed by atoms with E-state index < -0.39 is 5.76 Å². The van der Waals surface area contributed by atoms with Crippen LogP contribution in [0.3, 0.4) is 0 Å².